The summed E-state index contributed by atoms with van der Waals surface area (Å²) in [5.74, 6) is 0.440. The Hall–Kier alpha value is -2.79. The fourth-order valence-electron chi connectivity index (χ4n) is 4.79. The van der Waals surface area contributed by atoms with Crippen LogP contribution >= 0.6 is 0 Å². The van der Waals surface area contributed by atoms with Gasteiger partial charge < -0.3 is 24.8 Å². The number of hydrogen-bond acceptors (Lipinski definition) is 7. The third-order valence-corrected chi connectivity index (χ3v) is 7.27. The molecule has 2 fully saturated rings. The highest BCUT2D eigenvalue weighted by Gasteiger charge is 2.42. The second-order valence-electron chi connectivity index (χ2n) is 10.1. The number of carbonyl (C=O) groups is 2. The number of piperidine rings is 1. The van der Waals surface area contributed by atoms with Crippen molar-refractivity contribution in [2.75, 3.05) is 33.2 Å². The first-order valence-corrected chi connectivity index (χ1v) is 12.9. The maximum Gasteiger partial charge on any atom is 0.410 e. The van der Waals surface area contributed by atoms with Crippen molar-refractivity contribution in [3.63, 3.8) is 0 Å². The van der Waals surface area contributed by atoms with E-state index in [0.717, 1.165) is 5.82 Å². The monoisotopic (exact) mass is 492 g/mol. The average molecular weight is 493 g/mol. The van der Waals surface area contributed by atoms with Gasteiger partial charge in [-0.15, -0.1) is 0 Å². The molecule has 4 aliphatic rings. The van der Waals surface area contributed by atoms with Crippen molar-refractivity contribution >= 4 is 22.1 Å². The molecule has 0 radical (unpaired) electrons. The van der Waals surface area contributed by atoms with Gasteiger partial charge in [0.2, 0.25) is 0 Å². The Labute approximate surface area is 200 Å². The number of allylic oxidation sites excluding steroid dienone is 3. The summed E-state index contributed by atoms with van der Waals surface area (Å²) >= 11 is 0. The first-order valence-electron chi connectivity index (χ1n) is 11.4. The molecule has 4 aliphatic heterocycles. The number of carbonyl (C=O) groups excluding carboxylic acids is 2. The van der Waals surface area contributed by atoms with Gasteiger partial charge in [0, 0.05) is 33.2 Å². The lowest BCUT2D eigenvalue weighted by Gasteiger charge is -2.36. The summed E-state index contributed by atoms with van der Waals surface area (Å²) in [7, 11) is -3.01. The number of rotatable bonds is 4. The van der Waals surface area contributed by atoms with E-state index in [1.807, 2.05) is 26.8 Å². The Morgan fingerprint density at radius 3 is 2.56 bits per heavy atom. The fraction of sp³-hybridized carbons (Fsp3) is 0.565. The molecule has 10 nitrogen and oxygen atoms in total. The molecule has 2 N–H and O–H groups in total. The van der Waals surface area contributed by atoms with Gasteiger partial charge in [0.25, 0.3) is 16.0 Å². The molecule has 0 aromatic rings. The molecule has 186 valence electrons. The van der Waals surface area contributed by atoms with E-state index in [1.165, 1.54) is 4.90 Å². The molecule has 1 unspecified atom stereocenters. The van der Waals surface area contributed by atoms with Crippen LogP contribution in [0.5, 0.6) is 0 Å². The predicted octanol–water partition coefficient (Wildman–Crippen LogP) is 1.82. The van der Waals surface area contributed by atoms with Crippen molar-refractivity contribution in [1.82, 2.24) is 20.0 Å². The van der Waals surface area contributed by atoms with Gasteiger partial charge in [0.1, 0.15) is 16.3 Å². The number of nitrogens with zero attached hydrogens (tertiary/aromatic N) is 3. The van der Waals surface area contributed by atoms with Gasteiger partial charge in [-0.1, -0.05) is 6.08 Å². The van der Waals surface area contributed by atoms with Crippen molar-refractivity contribution in [1.29, 1.82) is 0 Å². The van der Waals surface area contributed by atoms with E-state index < -0.39 is 21.6 Å². The summed E-state index contributed by atoms with van der Waals surface area (Å²) in [5, 5.41) is 3.20. The quantitative estimate of drug-likeness (QED) is 0.571. The molecule has 11 heteroatoms. The van der Waals surface area contributed by atoms with E-state index >= 15 is 0 Å². The van der Waals surface area contributed by atoms with E-state index in [4.69, 9.17) is 4.74 Å². The molecule has 0 aromatic heterocycles. The minimum absolute atomic E-state index is 0.0120. The highest BCUT2D eigenvalue weighted by atomic mass is 32.2. The molecular weight excluding hydrogens is 460 g/mol. The van der Waals surface area contributed by atoms with Gasteiger partial charge in [-0.2, -0.15) is 8.42 Å². The minimum atomic E-state index is -4.65. The van der Waals surface area contributed by atoms with Crippen LogP contribution in [0.2, 0.25) is 0 Å². The molecule has 2 amide bonds. The highest BCUT2D eigenvalue weighted by Crippen LogP contribution is 2.38. The summed E-state index contributed by atoms with van der Waals surface area (Å²) in [6, 6.07) is -0.221. The van der Waals surface area contributed by atoms with Crippen molar-refractivity contribution in [3.8, 4) is 0 Å². The zero-order chi connectivity index (χ0) is 24.8. The Kier molecular flexibility index (Phi) is 6.28. The second kappa shape index (κ2) is 8.77. The van der Waals surface area contributed by atoms with E-state index in [9.17, 15) is 22.6 Å². The number of amides is 2. The molecule has 1 atom stereocenters. The standard InChI is InChI=1S/C23H32N4O6S/c1-23(2,3)33-22(29)26-10-8-15(9-11-26)14-25(4)21(28)17-12-16-13-24-19-7-5-6-18(27(16)19)20(17)34(30,31)32/h5-7,12,15-16,24H,8-11,13-14H2,1-4H3,(H,30,31,32). The maximum absolute atomic E-state index is 13.4. The van der Waals surface area contributed by atoms with Crippen LogP contribution in [0.15, 0.2) is 46.3 Å². The van der Waals surface area contributed by atoms with Crippen LogP contribution in [0, 0.1) is 5.92 Å². The van der Waals surface area contributed by atoms with Crippen molar-refractivity contribution in [2.45, 2.75) is 45.3 Å². The van der Waals surface area contributed by atoms with Crippen LogP contribution in [0.1, 0.15) is 33.6 Å². The van der Waals surface area contributed by atoms with Crippen molar-refractivity contribution < 1.29 is 27.3 Å². The van der Waals surface area contributed by atoms with Gasteiger partial charge in [-0.05, 0) is 57.8 Å². The lowest BCUT2D eigenvalue weighted by Crippen LogP contribution is -2.44. The summed E-state index contributed by atoms with van der Waals surface area (Å²) in [5.41, 5.74) is -0.274. The number of likely N-dealkylation sites (N-methyl/N-ethyl adjacent to an activating group) is 1. The lowest BCUT2D eigenvalue weighted by molar-refractivity contribution is -0.126. The van der Waals surface area contributed by atoms with Gasteiger partial charge >= 0.3 is 6.09 Å². The summed E-state index contributed by atoms with van der Waals surface area (Å²) in [6.45, 7) is 7.50. The summed E-state index contributed by atoms with van der Waals surface area (Å²) < 4.78 is 40.1. The van der Waals surface area contributed by atoms with E-state index in [0.29, 0.717) is 44.7 Å². The number of likely N-dealkylation sites (tertiary alicyclic amines) is 1. The first-order chi connectivity index (χ1) is 15.8. The topological polar surface area (TPSA) is 119 Å². The van der Waals surface area contributed by atoms with Crippen molar-refractivity contribution in [2.24, 2.45) is 5.92 Å². The molecule has 34 heavy (non-hydrogen) atoms. The fourth-order valence-corrected chi connectivity index (χ4v) is 5.65. The molecule has 0 saturated carbocycles. The number of nitrogens with one attached hydrogen (secondary N) is 1. The Morgan fingerprint density at radius 1 is 1.26 bits per heavy atom. The van der Waals surface area contributed by atoms with Crippen LogP contribution in [0.25, 0.3) is 0 Å². The smallest absolute Gasteiger partial charge is 0.410 e. The normalized spacial score (nSPS) is 22.7. The molecule has 0 bridgehead atoms. The maximum atomic E-state index is 13.4. The molecule has 4 rings (SSSR count). The van der Waals surface area contributed by atoms with Crippen LogP contribution < -0.4 is 5.32 Å². The zero-order valence-electron chi connectivity index (χ0n) is 19.9. The predicted molar refractivity (Wildman–Crippen MR) is 126 cm³/mol. The SMILES string of the molecule is CN(CC1CCN(C(=O)OC(C)(C)C)CC1)C(=O)C1=CC2CNC3=CC=CC(=C1S(=O)(=O)O)N32. The molecule has 0 spiro atoms. The van der Waals surface area contributed by atoms with Gasteiger partial charge in [0.15, 0.2) is 0 Å². The van der Waals surface area contributed by atoms with E-state index in [1.54, 1.807) is 35.1 Å². The largest absolute Gasteiger partial charge is 0.444 e. The summed E-state index contributed by atoms with van der Waals surface area (Å²) in [4.78, 5) is 30.3. The number of hydrogen-bond donors (Lipinski definition) is 2. The van der Waals surface area contributed by atoms with E-state index in [2.05, 4.69) is 5.32 Å². The molecular formula is C23H32N4O6S. The Bertz CT molecular complexity index is 1110. The minimum Gasteiger partial charge on any atom is -0.444 e. The van der Waals surface area contributed by atoms with Crippen LogP contribution in [0.3, 0.4) is 0 Å². The van der Waals surface area contributed by atoms with Crippen molar-refractivity contribution in [3.05, 3.63) is 46.3 Å². The van der Waals surface area contributed by atoms with Crippen LogP contribution in [-0.2, 0) is 19.6 Å². The zero-order valence-corrected chi connectivity index (χ0v) is 20.8. The average Bonchev–Trinajstić information content (AvgIpc) is 3.16. The second-order valence-corrected chi connectivity index (χ2v) is 11.5. The Morgan fingerprint density at radius 2 is 1.94 bits per heavy atom. The van der Waals surface area contributed by atoms with Gasteiger partial charge in [-0.3, -0.25) is 9.35 Å². The molecule has 0 aromatic carbocycles. The third kappa shape index (κ3) is 4.85. The van der Waals surface area contributed by atoms with E-state index in [-0.39, 0.29) is 28.5 Å². The van der Waals surface area contributed by atoms with Gasteiger partial charge in [-0.25, -0.2) is 4.79 Å². The first kappa shape index (κ1) is 24.3. The van der Waals surface area contributed by atoms with Crippen LogP contribution in [-0.4, -0.2) is 84.5 Å². The number of ether oxygens (including phenoxy) is 1. The van der Waals surface area contributed by atoms with Gasteiger partial charge in [0.05, 0.1) is 17.3 Å². The lowest BCUT2D eigenvalue weighted by atomic mass is 9.95. The molecule has 2 saturated heterocycles. The summed E-state index contributed by atoms with van der Waals surface area (Å²) in [6.07, 6.45) is 7.80. The van der Waals surface area contributed by atoms with Crippen LogP contribution in [0.4, 0.5) is 4.79 Å². The Balaban J connectivity index is 1.45. The molecule has 0 aliphatic carbocycles. The highest BCUT2D eigenvalue weighted by molar-refractivity contribution is 7.90. The third-order valence-electron chi connectivity index (χ3n) is 6.32. The molecule has 4 heterocycles.